The molecule has 100 valence electrons. The van der Waals surface area contributed by atoms with E-state index in [9.17, 15) is 0 Å². The maximum absolute atomic E-state index is 5.94. The van der Waals surface area contributed by atoms with Gasteiger partial charge in [-0.25, -0.2) is 0 Å². The minimum Gasteiger partial charge on any atom is -0.373 e. The molecule has 2 atom stereocenters. The molecule has 0 aliphatic carbocycles. The van der Waals surface area contributed by atoms with Gasteiger partial charge in [-0.1, -0.05) is 24.3 Å². The average molecular weight is 274 g/mol. The maximum Gasteiger partial charge on any atom is 0.0846 e. The highest BCUT2D eigenvalue weighted by atomic mass is 32.1. The minimum atomic E-state index is 0.130. The number of nitrogens with one attached hydrogen (secondary N) is 1. The Morgan fingerprint density at radius 2 is 2.26 bits per heavy atom. The smallest absolute Gasteiger partial charge is 0.0846 e. The lowest BCUT2D eigenvalue weighted by Crippen LogP contribution is -2.30. The normalized spacial score (nSPS) is 19.9. The SMILES string of the molecule is NNC(CC1OCCc2ccccc21)c1ccsc1. The maximum atomic E-state index is 5.94. The highest BCUT2D eigenvalue weighted by Crippen LogP contribution is 2.34. The molecule has 3 N–H and O–H groups in total. The lowest BCUT2D eigenvalue weighted by Gasteiger charge is -2.29. The van der Waals surface area contributed by atoms with E-state index in [-0.39, 0.29) is 12.1 Å². The third-order valence-electron chi connectivity index (χ3n) is 3.69. The summed E-state index contributed by atoms with van der Waals surface area (Å²) in [4.78, 5) is 0. The Hall–Kier alpha value is -1.20. The third kappa shape index (κ3) is 2.72. The Labute approximate surface area is 117 Å². The number of ether oxygens (including phenoxy) is 1. The predicted molar refractivity (Wildman–Crippen MR) is 77.8 cm³/mol. The van der Waals surface area contributed by atoms with Crippen LogP contribution >= 0.6 is 11.3 Å². The van der Waals surface area contributed by atoms with Crippen molar-refractivity contribution in [3.05, 3.63) is 57.8 Å². The first-order valence-corrected chi connectivity index (χ1v) is 7.50. The van der Waals surface area contributed by atoms with E-state index in [0.29, 0.717) is 0 Å². The molecule has 1 aromatic heterocycles. The van der Waals surface area contributed by atoms with Gasteiger partial charge in [0.15, 0.2) is 0 Å². The minimum absolute atomic E-state index is 0.130. The van der Waals surface area contributed by atoms with Crippen LogP contribution in [0.4, 0.5) is 0 Å². The largest absolute Gasteiger partial charge is 0.373 e. The molecule has 2 heterocycles. The lowest BCUT2D eigenvalue weighted by atomic mass is 9.92. The fourth-order valence-electron chi connectivity index (χ4n) is 2.66. The van der Waals surface area contributed by atoms with Gasteiger partial charge in [-0.15, -0.1) is 0 Å². The van der Waals surface area contributed by atoms with Crippen molar-refractivity contribution in [2.45, 2.75) is 25.0 Å². The lowest BCUT2D eigenvalue weighted by molar-refractivity contribution is 0.0293. The van der Waals surface area contributed by atoms with Crippen molar-refractivity contribution in [2.24, 2.45) is 5.84 Å². The molecule has 3 nitrogen and oxygen atoms in total. The zero-order valence-corrected chi connectivity index (χ0v) is 11.5. The van der Waals surface area contributed by atoms with E-state index >= 15 is 0 Å². The molecule has 1 aromatic carbocycles. The van der Waals surface area contributed by atoms with Crippen LogP contribution in [-0.2, 0) is 11.2 Å². The van der Waals surface area contributed by atoms with Crippen LogP contribution in [0.25, 0.3) is 0 Å². The van der Waals surface area contributed by atoms with Gasteiger partial charge < -0.3 is 4.74 Å². The summed E-state index contributed by atoms with van der Waals surface area (Å²) in [6, 6.07) is 10.8. The molecule has 0 spiro atoms. The second-order valence-electron chi connectivity index (χ2n) is 4.82. The Bertz CT molecular complexity index is 527. The second kappa shape index (κ2) is 5.84. The van der Waals surface area contributed by atoms with E-state index in [4.69, 9.17) is 10.6 Å². The summed E-state index contributed by atoms with van der Waals surface area (Å²) in [5.41, 5.74) is 6.86. The van der Waals surface area contributed by atoms with Gasteiger partial charge in [-0.2, -0.15) is 11.3 Å². The van der Waals surface area contributed by atoms with E-state index in [1.54, 1.807) is 11.3 Å². The number of hydrazine groups is 1. The second-order valence-corrected chi connectivity index (χ2v) is 5.60. The van der Waals surface area contributed by atoms with Crippen molar-refractivity contribution in [3.8, 4) is 0 Å². The van der Waals surface area contributed by atoms with Crippen molar-refractivity contribution >= 4 is 11.3 Å². The van der Waals surface area contributed by atoms with Crippen molar-refractivity contribution in [1.29, 1.82) is 0 Å². The number of fused-ring (bicyclic) bond motifs is 1. The Morgan fingerprint density at radius 1 is 1.37 bits per heavy atom. The van der Waals surface area contributed by atoms with Crippen LogP contribution in [0.15, 0.2) is 41.1 Å². The zero-order valence-electron chi connectivity index (χ0n) is 10.7. The van der Waals surface area contributed by atoms with Gasteiger partial charge >= 0.3 is 0 Å². The standard InChI is InChI=1S/C15H18N2OS/c16-17-14(12-6-8-19-10-12)9-15-13-4-2-1-3-11(13)5-7-18-15/h1-4,6,8,10,14-15,17H,5,7,9,16H2. The molecule has 0 saturated heterocycles. The van der Waals surface area contributed by atoms with Crippen LogP contribution in [0.2, 0.25) is 0 Å². The topological polar surface area (TPSA) is 47.3 Å². The Kier molecular flexibility index (Phi) is 3.94. The average Bonchev–Trinajstić information content (AvgIpc) is 2.99. The first-order valence-electron chi connectivity index (χ1n) is 6.56. The van der Waals surface area contributed by atoms with E-state index in [2.05, 4.69) is 46.5 Å². The number of thiophene rings is 1. The van der Waals surface area contributed by atoms with E-state index in [1.807, 2.05) is 0 Å². The zero-order chi connectivity index (χ0) is 13.1. The van der Waals surface area contributed by atoms with Gasteiger partial charge in [0.1, 0.15) is 0 Å². The van der Waals surface area contributed by atoms with Crippen LogP contribution in [-0.4, -0.2) is 6.61 Å². The van der Waals surface area contributed by atoms with Gasteiger partial charge in [0.25, 0.3) is 0 Å². The summed E-state index contributed by atoms with van der Waals surface area (Å²) >= 11 is 1.69. The van der Waals surface area contributed by atoms with Crippen molar-refractivity contribution in [3.63, 3.8) is 0 Å². The van der Waals surface area contributed by atoms with Gasteiger partial charge in [-0.3, -0.25) is 11.3 Å². The first kappa shape index (κ1) is 12.8. The molecule has 0 fully saturated rings. The molecule has 1 aliphatic rings. The highest BCUT2D eigenvalue weighted by molar-refractivity contribution is 7.07. The van der Waals surface area contributed by atoms with Crippen molar-refractivity contribution in [1.82, 2.24) is 5.43 Å². The van der Waals surface area contributed by atoms with Crippen LogP contribution in [0.1, 0.15) is 35.3 Å². The van der Waals surface area contributed by atoms with Crippen LogP contribution in [0.3, 0.4) is 0 Å². The molecule has 2 unspecified atom stereocenters. The summed E-state index contributed by atoms with van der Waals surface area (Å²) in [6.07, 6.45) is 2.00. The summed E-state index contributed by atoms with van der Waals surface area (Å²) in [5.74, 6) is 5.70. The van der Waals surface area contributed by atoms with E-state index < -0.39 is 0 Å². The molecule has 0 radical (unpaired) electrons. The number of nitrogens with two attached hydrogens (primary N) is 1. The number of hydrogen-bond donors (Lipinski definition) is 2. The van der Waals surface area contributed by atoms with Crippen LogP contribution < -0.4 is 11.3 Å². The molecule has 0 bridgehead atoms. The number of hydrogen-bond acceptors (Lipinski definition) is 4. The molecule has 0 amide bonds. The van der Waals surface area contributed by atoms with Gasteiger partial charge in [0, 0.05) is 6.04 Å². The number of rotatable bonds is 4. The first-order chi connectivity index (χ1) is 9.38. The quantitative estimate of drug-likeness (QED) is 0.665. The molecule has 19 heavy (non-hydrogen) atoms. The van der Waals surface area contributed by atoms with Gasteiger partial charge in [-0.05, 0) is 46.4 Å². The molecule has 2 aromatic rings. The monoisotopic (exact) mass is 274 g/mol. The fraction of sp³-hybridized carbons (Fsp3) is 0.333. The molecular formula is C15H18N2OS. The molecular weight excluding hydrogens is 256 g/mol. The summed E-state index contributed by atoms with van der Waals surface area (Å²) < 4.78 is 5.94. The molecule has 0 saturated carbocycles. The highest BCUT2D eigenvalue weighted by Gasteiger charge is 2.24. The predicted octanol–water partition coefficient (Wildman–Crippen LogP) is 2.96. The summed E-state index contributed by atoms with van der Waals surface area (Å²) in [6.45, 7) is 0.794. The van der Waals surface area contributed by atoms with Gasteiger partial charge in [0.2, 0.25) is 0 Å². The van der Waals surface area contributed by atoms with E-state index in [0.717, 1.165) is 19.4 Å². The summed E-state index contributed by atoms with van der Waals surface area (Å²) in [5, 5.41) is 4.22. The third-order valence-corrected chi connectivity index (χ3v) is 4.39. The molecule has 3 rings (SSSR count). The Morgan fingerprint density at radius 3 is 3.05 bits per heavy atom. The molecule has 4 heteroatoms. The van der Waals surface area contributed by atoms with Crippen molar-refractivity contribution < 1.29 is 4.74 Å². The van der Waals surface area contributed by atoms with Crippen LogP contribution in [0.5, 0.6) is 0 Å². The van der Waals surface area contributed by atoms with Crippen LogP contribution in [0, 0.1) is 0 Å². The molecule has 1 aliphatic heterocycles. The number of benzene rings is 1. The summed E-state index contributed by atoms with van der Waals surface area (Å²) in [7, 11) is 0. The Balaban J connectivity index is 1.80. The fourth-order valence-corrected chi connectivity index (χ4v) is 3.37. The van der Waals surface area contributed by atoms with Crippen molar-refractivity contribution in [2.75, 3.05) is 6.61 Å². The van der Waals surface area contributed by atoms with E-state index in [1.165, 1.54) is 16.7 Å². The van der Waals surface area contributed by atoms with Gasteiger partial charge in [0.05, 0.1) is 12.7 Å².